The summed E-state index contributed by atoms with van der Waals surface area (Å²) in [5.41, 5.74) is 0.803. The van der Waals surface area contributed by atoms with E-state index < -0.39 is 10.0 Å². The Kier molecular flexibility index (Phi) is 6.48. The average molecular weight is 374 g/mol. The third-order valence-electron chi connectivity index (χ3n) is 3.90. The summed E-state index contributed by atoms with van der Waals surface area (Å²) in [5.74, 6) is -0.142. The zero-order valence-corrected chi connectivity index (χ0v) is 15.7. The van der Waals surface area contributed by atoms with E-state index in [2.05, 4.69) is 5.32 Å². The summed E-state index contributed by atoms with van der Waals surface area (Å²) in [4.78, 5) is 14.4. The number of carbonyl (C=O) groups excluding carboxylic acids is 1. The molecule has 2 rings (SSSR count). The second kappa shape index (κ2) is 8.18. The number of hydrogen-bond acceptors (Lipinski definition) is 4. The summed E-state index contributed by atoms with van der Waals surface area (Å²) >= 11 is 6.13. The van der Waals surface area contributed by atoms with Gasteiger partial charge in [-0.3, -0.25) is 9.10 Å². The van der Waals surface area contributed by atoms with Crippen LogP contribution in [-0.2, 0) is 10.0 Å². The molecule has 1 aliphatic rings. The van der Waals surface area contributed by atoms with E-state index >= 15 is 0 Å². The molecule has 0 atom stereocenters. The highest BCUT2D eigenvalue weighted by Gasteiger charge is 2.27. The molecule has 0 saturated carbocycles. The lowest BCUT2D eigenvalue weighted by Gasteiger charge is -2.28. The van der Waals surface area contributed by atoms with Gasteiger partial charge in [0.1, 0.15) is 0 Å². The summed E-state index contributed by atoms with van der Waals surface area (Å²) in [6, 6.07) is 4.79. The van der Waals surface area contributed by atoms with Crippen LogP contribution in [0.1, 0.15) is 29.6 Å². The molecule has 134 valence electrons. The van der Waals surface area contributed by atoms with Crippen LogP contribution >= 0.6 is 11.6 Å². The van der Waals surface area contributed by atoms with Crippen LogP contribution in [0.5, 0.6) is 0 Å². The van der Waals surface area contributed by atoms with Crippen molar-refractivity contribution in [1.29, 1.82) is 0 Å². The van der Waals surface area contributed by atoms with Crippen molar-refractivity contribution in [3.63, 3.8) is 0 Å². The molecule has 1 heterocycles. The summed E-state index contributed by atoms with van der Waals surface area (Å²) in [5, 5.41) is 3.15. The number of nitrogens with one attached hydrogen (secondary N) is 1. The van der Waals surface area contributed by atoms with Gasteiger partial charge in [0.15, 0.2) is 0 Å². The number of carbonyl (C=O) groups is 1. The average Bonchev–Trinajstić information content (AvgIpc) is 2.51. The third-order valence-corrected chi connectivity index (χ3v) is 6.10. The maximum absolute atomic E-state index is 12.3. The van der Waals surface area contributed by atoms with Crippen LogP contribution < -0.4 is 9.62 Å². The summed E-state index contributed by atoms with van der Waals surface area (Å²) in [6.45, 7) is 1.85. The van der Waals surface area contributed by atoms with Crippen molar-refractivity contribution in [3.8, 4) is 0 Å². The van der Waals surface area contributed by atoms with Crippen LogP contribution in [0.2, 0.25) is 5.02 Å². The molecule has 1 amide bonds. The van der Waals surface area contributed by atoms with Crippen molar-refractivity contribution in [3.05, 3.63) is 28.8 Å². The van der Waals surface area contributed by atoms with Crippen molar-refractivity contribution in [2.45, 2.75) is 19.3 Å². The van der Waals surface area contributed by atoms with E-state index in [1.807, 2.05) is 19.0 Å². The molecular weight excluding hydrogens is 350 g/mol. The van der Waals surface area contributed by atoms with Gasteiger partial charge in [0, 0.05) is 13.1 Å². The Balaban J connectivity index is 2.12. The molecule has 1 fully saturated rings. The number of benzene rings is 1. The maximum atomic E-state index is 12.3. The number of rotatable bonds is 6. The number of amides is 1. The van der Waals surface area contributed by atoms with Crippen molar-refractivity contribution >= 4 is 33.2 Å². The highest BCUT2D eigenvalue weighted by Crippen LogP contribution is 2.27. The van der Waals surface area contributed by atoms with Crippen molar-refractivity contribution in [2.75, 3.05) is 43.8 Å². The van der Waals surface area contributed by atoms with Crippen molar-refractivity contribution < 1.29 is 13.2 Å². The highest BCUT2D eigenvalue weighted by atomic mass is 35.5. The minimum Gasteiger partial charge on any atom is -0.352 e. The molecule has 6 nitrogen and oxygen atoms in total. The number of sulfonamides is 1. The molecular formula is C16H24ClN3O3S. The summed E-state index contributed by atoms with van der Waals surface area (Å²) < 4.78 is 25.8. The standard InChI is InChI=1S/C16H24ClN3O3S/c1-19(2)9-5-8-18-16(21)14-12-13(6-7-15(14)17)20-10-3-4-11-24(20,22)23/h6-7,12H,3-5,8-11H2,1-2H3,(H,18,21). The Morgan fingerprint density at radius 3 is 2.75 bits per heavy atom. The molecule has 1 aromatic carbocycles. The van der Waals surface area contributed by atoms with Crippen LogP contribution in [0.15, 0.2) is 18.2 Å². The fourth-order valence-electron chi connectivity index (χ4n) is 2.61. The Labute approximate surface area is 148 Å². The van der Waals surface area contributed by atoms with Crippen molar-refractivity contribution in [2.24, 2.45) is 0 Å². The molecule has 0 bridgehead atoms. The molecule has 0 radical (unpaired) electrons. The largest absolute Gasteiger partial charge is 0.352 e. The topological polar surface area (TPSA) is 69.7 Å². The van der Waals surface area contributed by atoms with Crippen LogP contribution in [-0.4, -0.2) is 58.7 Å². The lowest BCUT2D eigenvalue weighted by atomic mass is 10.1. The molecule has 1 aromatic rings. The van der Waals surface area contributed by atoms with Gasteiger partial charge < -0.3 is 10.2 Å². The van der Waals surface area contributed by atoms with E-state index in [1.54, 1.807) is 18.2 Å². The van der Waals surface area contributed by atoms with E-state index in [-0.39, 0.29) is 11.7 Å². The van der Waals surface area contributed by atoms with Crippen molar-refractivity contribution in [1.82, 2.24) is 10.2 Å². The molecule has 24 heavy (non-hydrogen) atoms. The van der Waals surface area contributed by atoms with E-state index in [1.165, 1.54) is 4.31 Å². The van der Waals surface area contributed by atoms with E-state index in [0.717, 1.165) is 19.4 Å². The third kappa shape index (κ3) is 4.84. The number of anilines is 1. The monoisotopic (exact) mass is 373 g/mol. The van der Waals surface area contributed by atoms with Gasteiger partial charge >= 0.3 is 0 Å². The lowest BCUT2D eigenvalue weighted by Crippen LogP contribution is -2.38. The predicted octanol–water partition coefficient (Wildman–Crippen LogP) is 1.95. The summed E-state index contributed by atoms with van der Waals surface area (Å²) in [7, 11) is 0.638. The van der Waals surface area contributed by atoms with Gasteiger partial charge in [-0.05, 0) is 58.1 Å². The first kappa shape index (κ1) is 19.0. The molecule has 0 spiro atoms. The predicted molar refractivity (Wildman–Crippen MR) is 97.3 cm³/mol. The normalized spacial score (nSPS) is 17.1. The van der Waals surface area contributed by atoms with Crippen LogP contribution in [0, 0.1) is 0 Å². The molecule has 1 saturated heterocycles. The fourth-order valence-corrected chi connectivity index (χ4v) is 4.45. The van der Waals surface area contributed by atoms with E-state index in [0.29, 0.717) is 35.8 Å². The van der Waals surface area contributed by atoms with E-state index in [4.69, 9.17) is 11.6 Å². The van der Waals surface area contributed by atoms with Gasteiger partial charge in [-0.1, -0.05) is 11.6 Å². The number of nitrogens with zero attached hydrogens (tertiary/aromatic N) is 2. The van der Waals surface area contributed by atoms with Gasteiger partial charge in [0.2, 0.25) is 10.0 Å². The first-order valence-corrected chi connectivity index (χ1v) is 10.0. The minimum absolute atomic E-state index is 0.141. The molecule has 0 unspecified atom stereocenters. The van der Waals surface area contributed by atoms with Gasteiger partial charge in [-0.15, -0.1) is 0 Å². The Hall–Kier alpha value is -1.31. The quantitative estimate of drug-likeness (QED) is 0.774. The van der Waals surface area contributed by atoms with Gasteiger partial charge in [0.25, 0.3) is 5.91 Å². The number of hydrogen-bond donors (Lipinski definition) is 1. The zero-order valence-electron chi connectivity index (χ0n) is 14.1. The molecule has 0 aromatic heterocycles. The van der Waals surface area contributed by atoms with Gasteiger partial charge in [-0.2, -0.15) is 0 Å². The Morgan fingerprint density at radius 1 is 1.33 bits per heavy atom. The SMILES string of the molecule is CN(C)CCCNC(=O)c1cc(N2CCCCS2(=O)=O)ccc1Cl. The maximum Gasteiger partial charge on any atom is 0.252 e. The molecule has 1 N–H and O–H groups in total. The molecule has 1 aliphatic heterocycles. The second-order valence-corrected chi connectivity index (χ2v) is 8.59. The minimum atomic E-state index is -3.31. The van der Waals surface area contributed by atoms with Crippen LogP contribution in [0.25, 0.3) is 0 Å². The molecule has 8 heteroatoms. The van der Waals surface area contributed by atoms with Gasteiger partial charge in [0.05, 0.1) is 22.0 Å². The Bertz CT molecular complexity index is 692. The fraction of sp³-hybridized carbons (Fsp3) is 0.562. The first-order chi connectivity index (χ1) is 11.3. The van der Waals surface area contributed by atoms with Crippen LogP contribution in [0.3, 0.4) is 0 Å². The highest BCUT2D eigenvalue weighted by molar-refractivity contribution is 7.92. The summed E-state index contributed by atoms with van der Waals surface area (Å²) in [6.07, 6.45) is 2.32. The lowest BCUT2D eigenvalue weighted by molar-refractivity contribution is 0.0952. The zero-order chi connectivity index (χ0) is 17.7. The van der Waals surface area contributed by atoms with Gasteiger partial charge in [-0.25, -0.2) is 8.42 Å². The van der Waals surface area contributed by atoms with Crippen LogP contribution in [0.4, 0.5) is 5.69 Å². The number of halogens is 1. The smallest absolute Gasteiger partial charge is 0.252 e. The first-order valence-electron chi connectivity index (χ1n) is 8.04. The molecule has 0 aliphatic carbocycles. The second-order valence-electron chi connectivity index (χ2n) is 6.17. The Morgan fingerprint density at radius 2 is 2.08 bits per heavy atom. The van der Waals surface area contributed by atoms with E-state index in [9.17, 15) is 13.2 Å².